The maximum absolute atomic E-state index is 6.27. The van der Waals surface area contributed by atoms with Crippen LogP contribution < -0.4 is 0 Å². The molecule has 0 amide bonds. The molecular formula is C25H19NOS. The van der Waals surface area contributed by atoms with E-state index in [9.17, 15) is 0 Å². The first-order chi connectivity index (χ1) is 13.8. The molecule has 5 aromatic rings. The molecule has 28 heavy (non-hydrogen) atoms. The van der Waals surface area contributed by atoms with Crippen molar-refractivity contribution >= 4 is 32.4 Å². The van der Waals surface area contributed by atoms with Gasteiger partial charge in [0.2, 0.25) is 0 Å². The molecule has 1 atom stereocenters. The van der Waals surface area contributed by atoms with Crippen LogP contribution in [-0.4, -0.2) is 4.98 Å². The molecule has 2 aromatic carbocycles. The summed E-state index contributed by atoms with van der Waals surface area (Å²) in [7, 11) is 0. The van der Waals surface area contributed by atoms with E-state index in [1.807, 2.05) is 12.3 Å². The first-order valence-corrected chi connectivity index (χ1v) is 10.7. The first-order valence-electron chi connectivity index (χ1n) is 9.77. The number of benzene rings is 2. The van der Waals surface area contributed by atoms with Crippen molar-refractivity contribution in [1.82, 2.24) is 4.98 Å². The third kappa shape index (κ3) is 2.66. The molecule has 0 radical (unpaired) electrons. The maximum atomic E-state index is 6.27. The zero-order valence-electron chi connectivity index (χ0n) is 15.4. The molecule has 0 spiro atoms. The number of pyridine rings is 1. The molecule has 0 bridgehead atoms. The van der Waals surface area contributed by atoms with Gasteiger partial charge in [0, 0.05) is 27.5 Å². The Labute approximate surface area is 167 Å². The second-order valence-electron chi connectivity index (χ2n) is 7.63. The molecule has 2 nitrogen and oxygen atoms in total. The van der Waals surface area contributed by atoms with E-state index >= 15 is 0 Å². The van der Waals surface area contributed by atoms with Crippen LogP contribution in [-0.2, 0) is 12.8 Å². The molecule has 0 N–H and O–H groups in total. The molecule has 3 aromatic heterocycles. The molecule has 1 aliphatic rings. The molecule has 1 unspecified atom stereocenters. The average molecular weight is 382 g/mol. The summed E-state index contributed by atoms with van der Waals surface area (Å²) in [5, 5.41) is 4.59. The number of aromatic nitrogens is 1. The summed E-state index contributed by atoms with van der Waals surface area (Å²) < 4.78 is 7.57. The van der Waals surface area contributed by atoms with Crippen LogP contribution in [0, 0.1) is 0 Å². The van der Waals surface area contributed by atoms with Crippen LogP contribution in [0.4, 0.5) is 0 Å². The number of thiophene rings is 1. The van der Waals surface area contributed by atoms with Crippen molar-refractivity contribution in [3.05, 3.63) is 89.1 Å². The van der Waals surface area contributed by atoms with Gasteiger partial charge in [0.05, 0.1) is 0 Å². The molecule has 6 rings (SSSR count). The first kappa shape index (κ1) is 16.1. The Morgan fingerprint density at radius 3 is 2.93 bits per heavy atom. The van der Waals surface area contributed by atoms with Gasteiger partial charge in [-0.05, 0) is 77.4 Å². The van der Waals surface area contributed by atoms with Gasteiger partial charge in [-0.1, -0.05) is 30.3 Å². The summed E-state index contributed by atoms with van der Waals surface area (Å²) in [6.07, 6.45) is 5.21. The van der Waals surface area contributed by atoms with E-state index in [2.05, 4.69) is 65.0 Å². The zero-order chi connectivity index (χ0) is 18.5. The minimum absolute atomic E-state index is 0.516. The lowest BCUT2D eigenvalue weighted by atomic mass is 9.82. The smallest absolute Gasteiger partial charge is 0.135 e. The van der Waals surface area contributed by atoms with E-state index in [0.29, 0.717) is 5.92 Å². The number of hydrogen-bond acceptors (Lipinski definition) is 3. The Morgan fingerprint density at radius 1 is 0.964 bits per heavy atom. The van der Waals surface area contributed by atoms with Crippen molar-refractivity contribution in [2.75, 3.05) is 0 Å². The summed E-state index contributed by atoms with van der Waals surface area (Å²) in [4.78, 5) is 4.60. The fraction of sp³-hybridized carbons (Fsp3) is 0.160. The van der Waals surface area contributed by atoms with E-state index in [4.69, 9.17) is 4.42 Å². The minimum Gasteiger partial charge on any atom is -0.456 e. The van der Waals surface area contributed by atoms with Gasteiger partial charge in [0.25, 0.3) is 0 Å². The molecule has 136 valence electrons. The van der Waals surface area contributed by atoms with Crippen LogP contribution in [0.15, 0.2) is 76.7 Å². The van der Waals surface area contributed by atoms with Crippen molar-refractivity contribution in [1.29, 1.82) is 0 Å². The second kappa shape index (κ2) is 6.32. The summed E-state index contributed by atoms with van der Waals surface area (Å²) in [6.45, 7) is 0. The summed E-state index contributed by atoms with van der Waals surface area (Å²) in [5.74, 6) is 1.46. The standard InChI is InChI=1S/C25H19NOS/c1-2-16-3-5-18(12-22(16)26-10-1)19-6-8-20-14-24(27-23(20)13-19)21-7-4-17-9-11-28-25(17)15-21/h1-2,4,6-11,13-15,18H,3,5,12H2. The third-order valence-corrected chi connectivity index (χ3v) is 6.82. The number of fused-ring (bicyclic) bond motifs is 3. The van der Waals surface area contributed by atoms with Gasteiger partial charge in [-0.25, -0.2) is 0 Å². The van der Waals surface area contributed by atoms with Gasteiger partial charge in [-0.3, -0.25) is 4.98 Å². The molecule has 3 heteroatoms. The van der Waals surface area contributed by atoms with Crippen LogP contribution in [0.1, 0.15) is 29.2 Å². The van der Waals surface area contributed by atoms with Gasteiger partial charge in [-0.15, -0.1) is 11.3 Å². The maximum Gasteiger partial charge on any atom is 0.135 e. The van der Waals surface area contributed by atoms with E-state index in [1.54, 1.807) is 11.3 Å². The quantitative estimate of drug-likeness (QED) is 0.329. The average Bonchev–Trinajstić information content (AvgIpc) is 3.39. The predicted molar refractivity (Wildman–Crippen MR) is 116 cm³/mol. The predicted octanol–water partition coefficient (Wildman–Crippen LogP) is 6.98. The summed E-state index contributed by atoms with van der Waals surface area (Å²) in [6, 6.07) is 21.8. The van der Waals surface area contributed by atoms with Crippen molar-refractivity contribution in [2.24, 2.45) is 0 Å². The lowest BCUT2D eigenvalue weighted by Gasteiger charge is -2.23. The molecule has 0 saturated carbocycles. The molecule has 0 fully saturated rings. The van der Waals surface area contributed by atoms with Crippen molar-refractivity contribution in [3.8, 4) is 11.3 Å². The monoisotopic (exact) mass is 381 g/mol. The lowest BCUT2D eigenvalue weighted by Crippen LogP contribution is -2.13. The highest BCUT2D eigenvalue weighted by Crippen LogP contribution is 2.36. The Morgan fingerprint density at radius 2 is 1.93 bits per heavy atom. The number of rotatable bonds is 2. The van der Waals surface area contributed by atoms with Gasteiger partial charge in [0.15, 0.2) is 0 Å². The third-order valence-electron chi connectivity index (χ3n) is 5.94. The highest BCUT2D eigenvalue weighted by molar-refractivity contribution is 7.17. The van der Waals surface area contributed by atoms with Crippen LogP contribution in [0.25, 0.3) is 32.4 Å². The Hall–Kier alpha value is -2.91. The Balaban J connectivity index is 1.36. The van der Waals surface area contributed by atoms with Crippen molar-refractivity contribution in [2.45, 2.75) is 25.2 Å². The largest absolute Gasteiger partial charge is 0.456 e. The molecular weight excluding hydrogens is 362 g/mol. The molecule has 0 saturated heterocycles. The van der Waals surface area contributed by atoms with Crippen molar-refractivity contribution in [3.63, 3.8) is 0 Å². The van der Waals surface area contributed by atoms with Crippen molar-refractivity contribution < 1.29 is 4.42 Å². The zero-order valence-corrected chi connectivity index (χ0v) is 16.2. The highest BCUT2D eigenvalue weighted by atomic mass is 32.1. The fourth-order valence-corrected chi connectivity index (χ4v) is 5.21. The number of furan rings is 1. The molecule has 1 aliphatic carbocycles. The number of nitrogens with zero attached hydrogens (tertiary/aromatic N) is 1. The van der Waals surface area contributed by atoms with E-state index in [0.717, 1.165) is 29.7 Å². The van der Waals surface area contributed by atoms with Crippen LogP contribution in [0.5, 0.6) is 0 Å². The number of aryl methyl sites for hydroxylation is 1. The van der Waals surface area contributed by atoms with Gasteiger partial charge >= 0.3 is 0 Å². The normalized spacial score (nSPS) is 16.5. The van der Waals surface area contributed by atoms with Crippen LogP contribution in [0.2, 0.25) is 0 Å². The fourth-order valence-electron chi connectivity index (χ4n) is 4.38. The molecule has 3 heterocycles. The summed E-state index contributed by atoms with van der Waals surface area (Å²) >= 11 is 1.77. The SMILES string of the molecule is c1cnc2c(c1)CCC(c1ccc3cc(-c4ccc5ccsc5c4)oc3c1)C2. The lowest BCUT2D eigenvalue weighted by molar-refractivity contribution is 0.571. The van der Waals surface area contributed by atoms with E-state index in [-0.39, 0.29) is 0 Å². The van der Waals surface area contributed by atoms with Gasteiger partial charge in [0.1, 0.15) is 11.3 Å². The topological polar surface area (TPSA) is 26.0 Å². The van der Waals surface area contributed by atoms with E-state index < -0.39 is 0 Å². The summed E-state index contributed by atoms with van der Waals surface area (Å²) in [5.41, 5.74) is 6.14. The van der Waals surface area contributed by atoms with Crippen LogP contribution >= 0.6 is 11.3 Å². The number of hydrogen-bond donors (Lipinski definition) is 0. The Bertz CT molecular complexity index is 1310. The minimum atomic E-state index is 0.516. The molecule has 0 aliphatic heterocycles. The Kier molecular flexibility index (Phi) is 3.63. The highest BCUT2D eigenvalue weighted by Gasteiger charge is 2.21. The van der Waals surface area contributed by atoms with Gasteiger partial charge < -0.3 is 4.42 Å². The van der Waals surface area contributed by atoms with Crippen LogP contribution in [0.3, 0.4) is 0 Å². The second-order valence-corrected chi connectivity index (χ2v) is 8.58. The van der Waals surface area contributed by atoms with Gasteiger partial charge in [-0.2, -0.15) is 0 Å². The van der Waals surface area contributed by atoms with E-state index in [1.165, 1.54) is 38.7 Å².